The molecule has 1 aromatic carbocycles. The van der Waals surface area contributed by atoms with Crippen LogP contribution in [0.25, 0.3) is 0 Å². The van der Waals surface area contributed by atoms with Gasteiger partial charge >= 0.3 is 0 Å². The third-order valence-corrected chi connectivity index (χ3v) is 5.67. The van der Waals surface area contributed by atoms with E-state index >= 15 is 0 Å². The largest absolute Gasteiger partial charge is 0.302 e. The lowest BCUT2D eigenvalue weighted by molar-refractivity contribution is 0.211. The van der Waals surface area contributed by atoms with Crippen LogP contribution in [0.5, 0.6) is 0 Å². The van der Waals surface area contributed by atoms with Crippen LogP contribution in [0.2, 0.25) is 0 Å². The molecule has 0 bridgehead atoms. The number of benzene rings is 1. The highest BCUT2D eigenvalue weighted by molar-refractivity contribution is 7.89. The predicted octanol–water partition coefficient (Wildman–Crippen LogP) is 2.57. The maximum Gasteiger partial charge on any atom is 0.240 e. The van der Waals surface area contributed by atoms with Gasteiger partial charge in [0.1, 0.15) is 0 Å². The van der Waals surface area contributed by atoms with Crippen molar-refractivity contribution in [3.05, 3.63) is 29.8 Å². The molecule has 5 heteroatoms. The normalized spacial score (nSPS) is 20.9. The summed E-state index contributed by atoms with van der Waals surface area (Å²) in [4.78, 5) is 2.65. The number of piperidine rings is 1. The molecule has 21 heavy (non-hydrogen) atoms. The Hall–Kier alpha value is -0.910. The van der Waals surface area contributed by atoms with E-state index in [-0.39, 0.29) is 6.04 Å². The van der Waals surface area contributed by atoms with E-state index in [4.69, 9.17) is 0 Å². The Morgan fingerprint density at radius 1 is 1.29 bits per heavy atom. The summed E-state index contributed by atoms with van der Waals surface area (Å²) in [7, 11) is -3.41. The quantitative estimate of drug-likeness (QED) is 0.909. The van der Waals surface area contributed by atoms with Crippen LogP contribution in [-0.2, 0) is 10.0 Å². The minimum absolute atomic E-state index is 0.0217. The topological polar surface area (TPSA) is 49.4 Å². The number of sulfonamides is 1. The van der Waals surface area contributed by atoms with Crippen molar-refractivity contribution >= 4 is 10.0 Å². The van der Waals surface area contributed by atoms with Crippen LogP contribution in [0.1, 0.15) is 45.1 Å². The number of likely N-dealkylation sites (N-methyl/N-ethyl adjacent to an activating group) is 1. The van der Waals surface area contributed by atoms with Crippen molar-refractivity contribution in [2.45, 2.75) is 50.5 Å². The Balaban J connectivity index is 2.07. The van der Waals surface area contributed by atoms with Gasteiger partial charge in [0.2, 0.25) is 10.0 Å². The molecule has 0 aliphatic carbocycles. The van der Waals surface area contributed by atoms with Gasteiger partial charge in [0, 0.05) is 12.6 Å². The fraction of sp³-hybridized carbons (Fsp3) is 0.625. The molecule has 0 amide bonds. The van der Waals surface area contributed by atoms with E-state index in [0.717, 1.165) is 38.0 Å². The molecule has 1 N–H and O–H groups in total. The molecule has 4 nitrogen and oxygen atoms in total. The number of nitrogens with one attached hydrogen (secondary N) is 1. The molecule has 0 radical (unpaired) electrons. The zero-order valence-corrected chi connectivity index (χ0v) is 14.0. The van der Waals surface area contributed by atoms with Crippen LogP contribution < -0.4 is 4.72 Å². The van der Waals surface area contributed by atoms with E-state index in [0.29, 0.717) is 10.8 Å². The average molecular weight is 310 g/mol. The molecule has 1 aliphatic heterocycles. The van der Waals surface area contributed by atoms with E-state index in [2.05, 4.69) is 30.4 Å². The zero-order valence-electron chi connectivity index (χ0n) is 13.2. The maximum absolute atomic E-state index is 12.4. The van der Waals surface area contributed by atoms with Crippen molar-refractivity contribution in [3.63, 3.8) is 0 Å². The predicted molar refractivity (Wildman–Crippen MR) is 86.0 cm³/mol. The summed E-state index contributed by atoms with van der Waals surface area (Å²) < 4.78 is 27.7. The van der Waals surface area contributed by atoms with Gasteiger partial charge in [-0.3, -0.25) is 0 Å². The van der Waals surface area contributed by atoms with Gasteiger partial charge in [-0.05, 0) is 49.5 Å². The second-order valence-corrected chi connectivity index (χ2v) is 7.79. The van der Waals surface area contributed by atoms with E-state index in [1.807, 2.05) is 12.1 Å². The summed E-state index contributed by atoms with van der Waals surface area (Å²) in [5.41, 5.74) is 1.16. The van der Waals surface area contributed by atoms with Crippen molar-refractivity contribution in [3.8, 4) is 0 Å². The van der Waals surface area contributed by atoms with Gasteiger partial charge in [0.05, 0.1) is 4.90 Å². The van der Waals surface area contributed by atoms with Gasteiger partial charge in [-0.2, -0.15) is 0 Å². The van der Waals surface area contributed by atoms with Crippen LogP contribution in [0.4, 0.5) is 0 Å². The fourth-order valence-corrected chi connectivity index (χ4v) is 4.02. The summed E-state index contributed by atoms with van der Waals surface area (Å²) in [6.45, 7) is 9.16. The molecule has 0 aromatic heterocycles. The van der Waals surface area contributed by atoms with E-state index in [9.17, 15) is 8.42 Å². The first-order valence-corrected chi connectivity index (χ1v) is 9.25. The minimum Gasteiger partial charge on any atom is -0.302 e. The third-order valence-electron chi connectivity index (χ3n) is 4.13. The van der Waals surface area contributed by atoms with E-state index in [1.165, 1.54) is 0 Å². The smallest absolute Gasteiger partial charge is 0.240 e. The Kier molecular flexibility index (Phi) is 5.41. The summed E-state index contributed by atoms with van der Waals surface area (Å²) in [6.07, 6.45) is 1.97. The molecular formula is C16H26N2O2S. The SMILES string of the molecule is CCN1CCC[C@H](NS(=O)(=O)c2ccc(C(C)C)cc2)C1. The first kappa shape index (κ1) is 16.5. The highest BCUT2D eigenvalue weighted by Gasteiger charge is 2.24. The summed E-state index contributed by atoms with van der Waals surface area (Å²) >= 11 is 0. The second kappa shape index (κ2) is 6.90. The van der Waals surface area contributed by atoms with Crippen molar-refractivity contribution in [2.24, 2.45) is 0 Å². The first-order valence-electron chi connectivity index (χ1n) is 7.77. The van der Waals surface area contributed by atoms with E-state index in [1.54, 1.807) is 12.1 Å². The molecule has 1 aromatic rings. The number of hydrogen-bond donors (Lipinski definition) is 1. The van der Waals surface area contributed by atoms with Gasteiger partial charge < -0.3 is 4.90 Å². The highest BCUT2D eigenvalue weighted by atomic mass is 32.2. The monoisotopic (exact) mass is 310 g/mol. The van der Waals surface area contributed by atoms with Gasteiger partial charge in [-0.25, -0.2) is 13.1 Å². The molecule has 1 heterocycles. The Morgan fingerprint density at radius 3 is 2.52 bits per heavy atom. The molecule has 0 spiro atoms. The molecule has 118 valence electrons. The fourth-order valence-electron chi connectivity index (χ4n) is 2.76. The lowest BCUT2D eigenvalue weighted by Crippen LogP contribution is -2.47. The van der Waals surface area contributed by atoms with Crippen molar-refractivity contribution in [1.82, 2.24) is 9.62 Å². The maximum atomic E-state index is 12.4. The van der Waals surface area contributed by atoms with Gasteiger partial charge in [0.25, 0.3) is 0 Å². The van der Waals surface area contributed by atoms with Crippen molar-refractivity contribution < 1.29 is 8.42 Å². The Morgan fingerprint density at radius 2 is 1.95 bits per heavy atom. The molecule has 1 aliphatic rings. The number of likely N-dealkylation sites (tertiary alicyclic amines) is 1. The zero-order chi connectivity index (χ0) is 15.5. The minimum atomic E-state index is -3.41. The summed E-state index contributed by atoms with van der Waals surface area (Å²) in [5, 5.41) is 0. The number of nitrogens with zero attached hydrogens (tertiary/aromatic N) is 1. The lowest BCUT2D eigenvalue weighted by atomic mass is 10.0. The summed E-state index contributed by atoms with van der Waals surface area (Å²) in [5.74, 6) is 0.408. The lowest BCUT2D eigenvalue weighted by Gasteiger charge is -2.32. The van der Waals surface area contributed by atoms with Crippen LogP contribution in [0, 0.1) is 0 Å². The number of rotatable bonds is 5. The van der Waals surface area contributed by atoms with Crippen LogP contribution in [0.3, 0.4) is 0 Å². The summed E-state index contributed by atoms with van der Waals surface area (Å²) in [6, 6.07) is 7.24. The highest BCUT2D eigenvalue weighted by Crippen LogP contribution is 2.18. The standard InChI is InChI=1S/C16H26N2O2S/c1-4-18-11-5-6-15(12-18)17-21(19,20)16-9-7-14(8-10-16)13(2)3/h7-10,13,15,17H,4-6,11-12H2,1-3H3/t15-/m0/s1. The molecule has 1 saturated heterocycles. The van der Waals surface area contributed by atoms with Gasteiger partial charge in [-0.15, -0.1) is 0 Å². The first-order chi connectivity index (χ1) is 9.92. The molecular weight excluding hydrogens is 284 g/mol. The molecule has 0 unspecified atom stereocenters. The van der Waals surface area contributed by atoms with Crippen molar-refractivity contribution in [1.29, 1.82) is 0 Å². The third kappa shape index (κ3) is 4.28. The van der Waals surface area contributed by atoms with Crippen molar-refractivity contribution in [2.75, 3.05) is 19.6 Å². The second-order valence-electron chi connectivity index (χ2n) is 6.08. The van der Waals surface area contributed by atoms with Crippen LogP contribution in [-0.4, -0.2) is 39.0 Å². The van der Waals surface area contributed by atoms with Crippen LogP contribution in [0.15, 0.2) is 29.2 Å². The molecule has 0 saturated carbocycles. The Labute approximate surface area is 128 Å². The Bertz CT molecular complexity index is 552. The molecule has 2 rings (SSSR count). The molecule has 1 atom stereocenters. The molecule has 1 fully saturated rings. The number of hydrogen-bond acceptors (Lipinski definition) is 3. The van der Waals surface area contributed by atoms with Gasteiger partial charge in [-0.1, -0.05) is 32.9 Å². The van der Waals surface area contributed by atoms with E-state index < -0.39 is 10.0 Å². The van der Waals surface area contributed by atoms with Gasteiger partial charge in [0.15, 0.2) is 0 Å². The van der Waals surface area contributed by atoms with Crippen LogP contribution >= 0.6 is 0 Å². The average Bonchev–Trinajstić information content (AvgIpc) is 2.47.